The third-order valence-corrected chi connectivity index (χ3v) is 6.16. The monoisotopic (exact) mass is 443 g/mol. The summed E-state index contributed by atoms with van der Waals surface area (Å²) in [7, 11) is -3.55. The van der Waals surface area contributed by atoms with Crippen LogP contribution in [0.1, 0.15) is 16.9 Å². The first kappa shape index (κ1) is 21.2. The van der Waals surface area contributed by atoms with E-state index in [0.29, 0.717) is 12.1 Å². The van der Waals surface area contributed by atoms with Gasteiger partial charge in [-0.3, -0.25) is 14.1 Å². The number of anilines is 1. The van der Waals surface area contributed by atoms with Crippen LogP contribution in [0.15, 0.2) is 48.0 Å². The van der Waals surface area contributed by atoms with Crippen molar-refractivity contribution < 1.29 is 13.2 Å². The second-order valence-electron chi connectivity index (χ2n) is 7.46. The van der Waals surface area contributed by atoms with E-state index < -0.39 is 9.84 Å². The molecule has 0 bridgehead atoms. The lowest BCUT2D eigenvalue weighted by atomic mass is 10.3. The zero-order valence-electron chi connectivity index (χ0n) is 17.3. The number of carbonyl (C=O) groups is 1. The fraction of sp³-hybridized carbons (Fsp3) is 0.400. The van der Waals surface area contributed by atoms with Crippen molar-refractivity contribution in [1.82, 2.24) is 29.6 Å². The molecule has 1 fully saturated rings. The van der Waals surface area contributed by atoms with Crippen LogP contribution in [0.25, 0.3) is 5.52 Å². The first-order chi connectivity index (χ1) is 14.9. The Morgan fingerprint density at radius 2 is 1.84 bits per heavy atom. The summed E-state index contributed by atoms with van der Waals surface area (Å²) < 4.78 is 25.4. The molecule has 1 aliphatic heterocycles. The molecule has 0 aliphatic carbocycles. The number of sulfone groups is 1. The number of nitrogens with one attached hydrogen (secondary N) is 1. The number of carbonyl (C=O) groups excluding carboxylic acids is 1. The Balaban J connectivity index is 1.28. The summed E-state index contributed by atoms with van der Waals surface area (Å²) in [5, 5.41) is 2.73. The molecule has 164 valence electrons. The molecule has 0 spiro atoms. The summed E-state index contributed by atoms with van der Waals surface area (Å²) in [5.41, 5.74) is 0.595. The number of rotatable bonds is 7. The summed E-state index contributed by atoms with van der Waals surface area (Å²) in [5.74, 6) is 0.389. The number of pyridine rings is 1. The summed E-state index contributed by atoms with van der Waals surface area (Å²) >= 11 is 0. The van der Waals surface area contributed by atoms with Crippen LogP contribution in [0.5, 0.6) is 0 Å². The molecule has 0 saturated carbocycles. The molecule has 1 amide bonds. The second kappa shape index (κ2) is 8.98. The lowest BCUT2D eigenvalue weighted by Crippen LogP contribution is -2.47. The highest BCUT2D eigenvalue weighted by atomic mass is 32.2. The molecule has 11 heteroatoms. The Labute approximate surface area is 180 Å². The van der Waals surface area contributed by atoms with E-state index in [1.54, 1.807) is 36.8 Å². The molecule has 1 aliphatic rings. The zero-order valence-corrected chi connectivity index (χ0v) is 18.1. The van der Waals surface area contributed by atoms with Gasteiger partial charge in [-0.05, 0) is 31.2 Å². The van der Waals surface area contributed by atoms with E-state index in [0.717, 1.165) is 51.3 Å². The molecule has 0 unspecified atom stereocenters. The number of hydrogen-bond donors (Lipinski definition) is 1. The van der Waals surface area contributed by atoms with Gasteiger partial charge in [-0.1, -0.05) is 6.07 Å². The predicted molar refractivity (Wildman–Crippen MR) is 116 cm³/mol. The quantitative estimate of drug-likeness (QED) is 0.525. The standard InChI is InChI=1S/C20H25N7O3S/c1-31(29,30)20-24-17(16-6-2-3-11-27(16)20)18(28)21-9-5-10-25-12-14-26(15-13-25)19-22-7-4-8-23-19/h2-4,6-8,11H,5,9-10,12-15H2,1H3,(H,21,28). The predicted octanol–water partition coefficient (Wildman–Crippen LogP) is 0.470. The molecule has 4 rings (SSSR count). The van der Waals surface area contributed by atoms with Gasteiger partial charge in [0, 0.05) is 57.6 Å². The average molecular weight is 444 g/mol. The third-order valence-electron chi connectivity index (χ3n) is 5.21. The normalized spacial score (nSPS) is 15.3. The van der Waals surface area contributed by atoms with Crippen LogP contribution in [0, 0.1) is 0 Å². The van der Waals surface area contributed by atoms with Gasteiger partial charge >= 0.3 is 0 Å². The van der Waals surface area contributed by atoms with Gasteiger partial charge in [0.15, 0.2) is 5.69 Å². The van der Waals surface area contributed by atoms with Gasteiger partial charge in [0.2, 0.25) is 20.9 Å². The first-order valence-corrected chi connectivity index (χ1v) is 12.0. The highest BCUT2D eigenvalue weighted by Crippen LogP contribution is 2.17. The lowest BCUT2D eigenvalue weighted by Gasteiger charge is -2.34. The number of aromatic nitrogens is 4. The minimum absolute atomic E-state index is 0.123. The first-order valence-electron chi connectivity index (χ1n) is 10.1. The number of fused-ring (bicyclic) bond motifs is 1. The average Bonchev–Trinajstić information content (AvgIpc) is 3.18. The van der Waals surface area contributed by atoms with E-state index >= 15 is 0 Å². The lowest BCUT2D eigenvalue weighted by molar-refractivity contribution is 0.0948. The molecular weight excluding hydrogens is 418 g/mol. The second-order valence-corrected chi connectivity index (χ2v) is 9.37. The highest BCUT2D eigenvalue weighted by Gasteiger charge is 2.23. The number of piperazine rings is 1. The van der Waals surface area contributed by atoms with Gasteiger partial charge in [-0.25, -0.2) is 23.4 Å². The van der Waals surface area contributed by atoms with Crippen LogP contribution in [-0.4, -0.2) is 84.1 Å². The summed E-state index contributed by atoms with van der Waals surface area (Å²) in [6.45, 7) is 4.91. The van der Waals surface area contributed by atoms with E-state index in [1.165, 1.54) is 4.40 Å². The fourth-order valence-corrected chi connectivity index (χ4v) is 4.43. The van der Waals surface area contributed by atoms with E-state index in [4.69, 9.17) is 0 Å². The van der Waals surface area contributed by atoms with E-state index in [-0.39, 0.29) is 16.8 Å². The molecule has 3 aromatic heterocycles. The van der Waals surface area contributed by atoms with Crippen molar-refractivity contribution in [3.05, 3.63) is 48.5 Å². The van der Waals surface area contributed by atoms with Crippen LogP contribution < -0.4 is 10.2 Å². The van der Waals surface area contributed by atoms with Crippen LogP contribution >= 0.6 is 0 Å². The van der Waals surface area contributed by atoms with Crippen molar-refractivity contribution in [2.24, 2.45) is 0 Å². The number of amides is 1. The number of nitrogens with zero attached hydrogens (tertiary/aromatic N) is 6. The van der Waals surface area contributed by atoms with Gasteiger partial charge in [-0.2, -0.15) is 0 Å². The number of hydrogen-bond acceptors (Lipinski definition) is 8. The molecule has 4 heterocycles. The van der Waals surface area contributed by atoms with Crippen molar-refractivity contribution in [2.45, 2.75) is 11.6 Å². The van der Waals surface area contributed by atoms with Crippen molar-refractivity contribution >= 4 is 27.2 Å². The van der Waals surface area contributed by atoms with Crippen LogP contribution in [0.2, 0.25) is 0 Å². The third kappa shape index (κ3) is 4.83. The van der Waals surface area contributed by atoms with E-state index in [2.05, 4.69) is 30.1 Å². The molecule has 0 aromatic carbocycles. The topological polar surface area (TPSA) is 113 Å². The SMILES string of the molecule is CS(=O)(=O)c1nc(C(=O)NCCCN2CCN(c3ncccn3)CC2)c2ccccn12. The van der Waals surface area contributed by atoms with Crippen LogP contribution in [-0.2, 0) is 9.84 Å². The Hall–Kier alpha value is -3.05. The van der Waals surface area contributed by atoms with Gasteiger partial charge in [0.25, 0.3) is 5.91 Å². The van der Waals surface area contributed by atoms with Crippen molar-refractivity contribution in [2.75, 3.05) is 50.4 Å². The maximum Gasteiger partial charge on any atom is 0.272 e. The Kier molecular flexibility index (Phi) is 6.14. The summed E-state index contributed by atoms with van der Waals surface area (Å²) in [6.07, 6.45) is 6.97. The Morgan fingerprint density at radius 1 is 1.10 bits per heavy atom. The molecule has 10 nitrogen and oxygen atoms in total. The van der Waals surface area contributed by atoms with E-state index in [1.807, 2.05) is 6.07 Å². The van der Waals surface area contributed by atoms with Gasteiger partial charge in [0.05, 0.1) is 5.52 Å². The number of imidazole rings is 1. The molecule has 3 aromatic rings. The minimum Gasteiger partial charge on any atom is -0.351 e. The Morgan fingerprint density at radius 3 is 2.55 bits per heavy atom. The molecule has 1 N–H and O–H groups in total. The van der Waals surface area contributed by atoms with Gasteiger partial charge in [-0.15, -0.1) is 0 Å². The fourth-order valence-electron chi connectivity index (χ4n) is 3.65. The largest absolute Gasteiger partial charge is 0.351 e. The maximum atomic E-state index is 12.6. The molecule has 0 radical (unpaired) electrons. The Bertz CT molecular complexity index is 1160. The zero-order chi connectivity index (χ0) is 21.8. The molecule has 31 heavy (non-hydrogen) atoms. The van der Waals surface area contributed by atoms with Crippen molar-refractivity contribution in [3.63, 3.8) is 0 Å². The minimum atomic E-state index is -3.55. The summed E-state index contributed by atoms with van der Waals surface area (Å²) in [6, 6.07) is 6.95. The van der Waals surface area contributed by atoms with Gasteiger partial charge < -0.3 is 10.2 Å². The molecule has 1 saturated heterocycles. The van der Waals surface area contributed by atoms with Crippen molar-refractivity contribution in [1.29, 1.82) is 0 Å². The molecular formula is C20H25N7O3S. The smallest absolute Gasteiger partial charge is 0.272 e. The van der Waals surface area contributed by atoms with Crippen molar-refractivity contribution in [3.8, 4) is 0 Å². The van der Waals surface area contributed by atoms with Crippen LogP contribution in [0.3, 0.4) is 0 Å². The van der Waals surface area contributed by atoms with E-state index in [9.17, 15) is 13.2 Å². The maximum absolute atomic E-state index is 12.6. The van der Waals surface area contributed by atoms with Crippen LogP contribution in [0.4, 0.5) is 5.95 Å². The highest BCUT2D eigenvalue weighted by molar-refractivity contribution is 7.90. The van der Waals surface area contributed by atoms with Gasteiger partial charge in [0.1, 0.15) is 0 Å². The summed E-state index contributed by atoms with van der Waals surface area (Å²) in [4.78, 5) is 29.8. The molecule has 0 atom stereocenters.